The van der Waals surface area contributed by atoms with Crippen molar-refractivity contribution >= 4 is 40.4 Å². The summed E-state index contributed by atoms with van der Waals surface area (Å²) in [6.45, 7) is 0.220. The lowest BCUT2D eigenvalue weighted by atomic mass is 10.1. The van der Waals surface area contributed by atoms with Gasteiger partial charge in [0.1, 0.15) is 17.4 Å². The molecular formula is C19H12ClN3O5S. The summed E-state index contributed by atoms with van der Waals surface area (Å²) in [5.41, 5.74) is 0.489. The molecule has 0 aliphatic carbocycles. The smallest absolute Gasteiger partial charge is 0.270 e. The van der Waals surface area contributed by atoms with Crippen LogP contribution in [0, 0.1) is 10.1 Å². The molecule has 3 aromatic rings. The third-order valence-electron chi connectivity index (χ3n) is 4.26. The number of carbonyl (C=O) groups is 2. The second-order valence-electron chi connectivity index (χ2n) is 6.16. The third kappa shape index (κ3) is 3.82. The zero-order valence-corrected chi connectivity index (χ0v) is 16.3. The number of halogens is 1. The topological polar surface area (TPSA) is 103 Å². The standard InChI is InChI=1S/C19H12ClN3O5S/c20-11-1-4-14(5-2-11)28-9-17-21-12(10-29-17)8-22-18(24)15-6-3-13(23(26)27)7-16(15)19(22)25/h1-7,10H,8-9H2. The average Bonchev–Trinajstić information content (AvgIpc) is 3.26. The average molecular weight is 430 g/mol. The van der Waals surface area contributed by atoms with Crippen LogP contribution in [0.4, 0.5) is 5.69 Å². The van der Waals surface area contributed by atoms with E-state index in [1.54, 1.807) is 29.6 Å². The highest BCUT2D eigenvalue weighted by atomic mass is 35.5. The fourth-order valence-corrected chi connectivity index (χ4v) is 3.68. The van der Waals surface area contributed by atoms with E-state index in [0.29, 0.717) is 21.5 Å². The number of amides is 2. The number of benzene rings is 2. The van der Waals surface area contributed by atoms with Crippen molar-refractivity contribution in [2.75, 3.05) is 0 Å². The fourth-order valence-electron chi connectivity index (χ4n) is 2.86. The normalized spacial score (nSPS) is 12.9. The number of nitrogens with zero attached hydrogens (tertiary/aromatic N) is 3. The molecule has 146 valence electrons. The minimum atomic E-state index is -0.603. The number of nitro benzene ring substituents is 1. The molecule has 4 rings (SSSR count). The summed E-state index contributed by atoms with van der Waals surface area (Å²) in [7, 11) is 0. The van der Waals surface area contributed by atoms with E-state index in [4.69, 9.17) is 16.3 Å². The second kappa shape index (κ2) is 7.61. The molecule has 1 aliphatic heterocycles. The number of aromatic nitrogens is 1. The van der Waals surface area contributed by atoms with Crippen LogP contribution >= 0.6 is 22.9 Å². The van der Waals surface area contributed by atoms with Crippen molar-refractivity contribution in [1.29, 1.82) is 0 Å². The number of hydrogen-bond acceptors (Lipinski definition) is 7. The molecule has 0 atom stereocenters. The zero-order valence-electron chi connectivity index (χ0n) is 14.7. The van der Waals surface area contributed by atoms with Crippen LogP contribution in [0.1, 0.15) is 31.4 Å². The molecule has 8 nitrogen and oxygen atoms in total. The molecule has 1 aromatic heterocycles. The van der Waals surface area contributed by atoms with E-state index in [1.807, 2.05) is 0 Å². The van der Waals surface area contributed by atoms with Gasteiger partial charge in [0, 0.05) is 22.5 Å². The fraction of sp³-hybridized carbons (Fsp3) is 0.105. The van der Waals surface area contributed by atoms with Crippen molar-refractivity contribution in [2.45, 2.75) is 13.2 Å². The first-order valence-corrected chi connectivity index (χ1v) is 9.64. The summed E-state index contributed by atoms with van der Waals surface area (Å²) in [5, 5.41) is 14.0. The highest BCUT2D eigenvalue weighted by Crippen LogP contribution is 2.28. The Morgan fingerprint density at radius 1 is 1.10 bits per heavy atom. The molecule has 2 heterocycles. The molecule has 2 aromatic carbocycles. The van der Waals surface area contributed by atoms with Crippen LogP contribution in [0.3, 0.4) is 0 Å². The molecule has 0 radical (unpaired) electrons. The second-order valence-corrected chi connectivity index (χ2v) is 7.54. The van der Waals surface area contributed by atoms with Crippen LogP contribution < -0.4 is 4.74 Å². The number of thiazole rings is 1. The van der Waals surface area contributed by atoms with E-state index in [2.05, 4.69) is 4.98 Å². The number of carbonyl (C=O) groups excluding carboxylic acids is 2. The highest BCUT2D eigenvalue weighted by molar-refractivity contribution is 7.09. The van der Waals surface area contributed by atoms with E-state index >= 15 is 0 Å². The number of rotatable bonds is 6. The highest BCUT2D eigenvalue weighted by Gasteiger charge is 2.37. The van der Waals surface area contributed by atoms with Gasteiger partial charge >= 0.3 is 0 Å². The van der Waals surface area contributed by atoms with Crippen molar-refractivity contribution in [3.8, 4) is 5.75 Å². The molecule has 10 heteroatoms. The first-order valence-electron chi connectivity index (χ1n) is 8.38. The van der Waals surface area contributed by atoms with Crippen LogP contribution in [-0.2, 0) is 13.2 Å². The maximum Gasteiger partial charge on any atom is 0.270 e. The summed E-state index contributed by atoms with van der Waals surface area (Å²) in [4.78, 5) is 40.8. The maximum absolute atomic E-state index is 12.6. The van der Waals surface area contributed by atoms with Gasteiger partial charge in [-0.3, -0.25) is 24.6 Å². The summed E-state index contributed by atoms with van der Waals surface area (Å²) < 4.78 is 5.64. The Morgan fingerprint density at radius 3 is 2.55 bits per heavy atom. The first kappa shape index (κ1) is 19.0. The van der Waals surface area contributed by atoms with Gasteiger partial charge in [0.25, 0.3) is 17.5 Å². The predicted octanol–water partition coefficient (Wildman–Crippen LogP) is 4.08. The van der Waals surface area contributed by atoms with Gasteiger partial charge in [0.05, 0.1) is 28.3 Å². The number of hydrogen-bond donors (Lipinski definition) is 0. The number of imide groups is 1. The minimum absolute atomic E-state index is 0.0163. The zero-order chi connectivity index (χ0) is 20.5. The van der Waals surface area contributed by atoms with Gasteiger partial charge in [-0.2, -0.15) is 0 Å². The van der Waals surface area contributed by atoms with Gasteiger partial charge in [0.15, 0.2) is 0 Å². The molecule has 0 unspecified atom stereocenters. The summed E-state index contributed by atoms with van der Waals surface area (Å²) in [6.07, 6.45) is 0. The largest absolute Gasteiger partial charge is 0.486 e. The Labute approximate surface area is 173 Å². The van der Waals surface area contributed by atoms with E-state index in [1.165, 1.54) is 23.5 Å². The van der Waals surface area contributed by atoms with Crippen LogP contribution in [0.25, 0.3) is 0 Å². The van der Waals surface area contributed by atoms with Crippen LogP contribution in [-0.4, -0.2) is 26.6 Å². The van der Waals surface area contributed by atoms with Crippen LogP contribution in [0.2, 0.25) is 5.02 Å². The lowest BCUT2D eigenvalue weighted by Gasteiger charge is -2.11. The van der Waals surface area contributed by atoms with Crippen molar-refractivity contribution in [3.63, 3.8) is 0 Å². The van der Waals surface area contributed by atoms with Crippen LogP contribution in [0.15, 0.2) is 47.8 Å². The van der Waals surface area contributed by atoms with Gasteiger partial charge in [-0.25, -0.2) is 4.98 Å². The third-order valence-corrected chi connectivity index (χ3v) is 5.38. The lowest BCUT2D eigenvalue weighted by molar-refractivity contribution is -0.384. The molecule has 0 bridgehead atoms. The summed E-state index contributed by atoms with van der Waals surface area (Å²) in [6, 6.07) is 10.6. The van der Waals surface area contributed by atoms with Crippen molar-refractivity contribution in [2.24, 2.45) is 0 Å². The van der Waals surface area contributed by atoms with Gasteiger partial charge in [-0.05, 0) is 30.3 Å². The molecule has 0 saturated carbocycles. The van der Waals surface area contributed by atoms with Crippen molar-refractivity contribution in [1.82, 2.24) is 9.88 Å². The Kier molecular flexibility index (Phi) is 4.99. The lowest BCUT2D eigenvalue weighted by Crippen LogP contribution is -2.29. The minimum Gasteiger partial charge on any atom is -0.486 e. The molecule has 29 heavy (non-hydrogen) atoms. The van der Waals surface area contributed by atoms with Gasteiger partial charge < -0.3 is 4.74 Å². The molecule has 0 fully saturated rings. The monoisotopic (exact) mass is 429 g/mol. The van der Waals surface area contributed by atoms with E-state index in [0.717, 1.165) is 11.0 Å². The summed E-state index contributed by atoms with van der Waals surface area (Å²) in [5.74, 6) is -0.416. The number of nitro groups is 1. The first-order chi connectivity index (χ1) is 13.9. The molecule has 0 N–H and O–H groups in total. The number of ether oxygens (including phenoxy) is 1. The predicted molar refractivity (Wildman–Crippen MR) is 105 cm³/mol. The molecule has 2 amide bonds. The van der Waals surface area contributed by atoms with E-state index < -0.39 is 16.7 Å². The van der Waals surface area contributed by atoms with E-state index in [-0.39, 0.29) is 30.0 Å². The number of fused-ring (bicyclic) bond motifs is 1. The Bertz CT molecular complexity index is 1130. The van der Waals surface area contributed by atoms with Crippen molar-refractivity contribution < 1.29 is 19.2 Å². The van der Waals surface area contributed by atoms with E-state index in [9.17, 15) is 19.7 Å². The molecule has 0 spiro atoms. The van der Waals surface area contributed by atoms with Gasteiger partial charge in [-0.15, -0.1) is 11.3 Å². The van der Waals surface area contributed by atoms with Crippen molar-refractivity contribution in [3.05, 3.63) is 84.8 Å². The quantitative estimate of drug-likeness (QED) is 0.332. The Hall–Kier alpha value is -3.30. The maximum atomic E-state index is 12.6. The SMILES string of the molecule is O=C1c2ccc([N+](=O)[O-])cc2C(=O)N1Cc1csc(COc2ccc(Cl)cc2)n1. The molecule has 0 saturated heterocycles. The van der Waals surface area contributed by atoms with Crippen LogP contribution in [0.5, 0.6) is 5.75 Å². The van der Waals surface area contributed by atoms with Gasteiger partial charge in [-0.1, -0.05) is 11.6 Å². The van der Waals surface area contributed by atoms with Gasteiger partial charge in [0.2, 0.25) is 0 Å². The summed E-state index contributed by atoms with van der Waals surface area (Å²) >= 11 is 7.18. The Balaban J connectivity index is 1.44. The Morgan fingerprint density at radius 2 is 1.83 bits per heavy atom. The molecular weight excluding hydrogens is 418 g/mol. The molecule has 1 aliphatic rings. The number of non-ortho nitro benzene ring substituents is 1.